The molecule has 0 aromatic carbocycles. The minimum atomic E-state index is -0.0946. The lowest BCUT2D eigenvalue weighted by atomic mass is 10.2. The zero-order valence-corrected chi connectivity index (χ0v) is 12.2. The van der Waals surface area contributed by atoms with Crippen molar-refractivity contribution in [2.24, 2.45) is 0 Å². The second-order valence-corrected chi connectivity index (χ2v) is 6.30. The predicted molar refractivity (Wildman–Crippen MR) is 79.0 cm³/mol. The van der Waals surface area contributed by atoms with Crippen LogP contribution in [0.15, 0.2) is 23.4 Å². The number of amides is 1. The molecule has 2 heterocycles. The Morgan fingerprint density at radius 1 is 1.37 bits per heavy atom. The van der Waals surface area contributed by atoms with Crippen LogP contribution in [0.25, 0.3) is 0 Å². The van der Waals surface area contributed by atoms with E-state index in [1.54, 1.807) is 12.4 Å². The molecule has 1 fully saturated rings. The molecular weight excluding hydrogens is 258 g/mol. The fourth-order valence-electron chi connectivity index (χ4n) is 2.29. The first kappa shape index (κ1) is 14.2. The number of nitrogens with two attached hydrogens (primary N) is 1. The summed E-state index contributed by atoms with van der Waals surface area (Å²) >= 11 is 1.52. The minimum Gasteiger partial charge on any atom is -0.397 e. The van der Waals surface area contributed by atoms with E-state index in [1.807, 2.05) is 17.9 Å². The van der Waals surface area contributed by atoms with Crippen molar-refractivity contribution in [3.05, 3.63) is 18.5 Å². The largest absolute Gasteiger partial charge is 0.397 e. The zero-order chi connectivity index (χ0) is 13.7. The molecule has 2 rings (SSSR count). The molecule has 2 N–H and O–H groups in total. The monoisotopic (exact) mass is 279 g/mol. The van der Waals surface area contributed by atoms with Crippen LogP contribution >= 0.6 is 11.8 Å². The molecule has 1 saturated heterocycles. The van der Waals surface area contributed by atoms with Gasteiger partial charge in [-0.25, -0.2) is 0 Å². The number of nitrogen functional groups attached to an aromatic ring is 1. The highest BCUT2D eigenvalue weighted by atomic mass is 32.2. The maximum atomic E-state index is 12.4. The number of likely N-dealkylation sites (tertiary alicyclic amines) is 1. The number of carbonyl (C=O) groups is 1. The molecule has 1 unspecified atom stereocenters. The highest BCUT2D eigenvalue weighted by Crippen LogP contribution is 2.29. The first-order chi connectivity index (χ1) is 9.18. The topological polar surface area (TPSA) is 59.2 Å². The van der Waals surface area contributed by atoms with E-state index in [1.165, 1.54) is 24.6 Å². The Bertz CT molecular complexity index is 430. The van der Waals surface area contributed by atoms with E-state index in [2.05, 4.69) is 4.98 Å². The first-order valence-corrected chi connectivity index (χ1v) is 7.71. The van der Waals surface area contributed by atoms with E-state index < -0.39 is 0 Å². The molecule has 1 aliphatic heterocycles. The van der Waals surface area contributed by atoms with Crippen molar-refractivity contribution in [3.63, 3.8) is 0 Å². The number of hydrogen-bond acceptors (Lipinski definition) is 4. The van der Waals surface area contributed by atoms with Crippen LogP contribution in [0.5, 0.6) is 0 Å². The Morgan fingerprint density at radius 3 is 2.68 bits per heavy atom. The standard InChI is InChI=1S/C14H21N3OS/c1-11(19-13-6-7-16-10-12(13)15)14(18)17-8-4-2-3-5-9-17/h6-7,10-11H,2-5,8-9,15H2,1H3. The van der Waals surface area contributed by atoms with Crippen molar-refractivity contribution in [1.82, 2.24) is 9.88 Å². The van der Waals surface area contributed by atoms with Gasteiger partial charge in [-0.2, -0.15) is 0 Å². The van der Waals surface area contributed by atoms with Crippen LogP contribution in [0.1, 0.15) is 32.6 Å². The van der Waals surface area contributed by atoms with Gasteiger partial charge in [0, 0.05) is 24.2 Å². The van der Waals surface area contributed by atoms with E-state index in [-0.39, 0.29) is 11.2 Å². The summed E-state index contributed by atoms with van der Waals surface area (Å²) in [6, 6.07) is 1.87. The van der Waals surface area contributed by atoms with Crippen molar-refractivity contribution < 1.29 is 4.79 Å². The van der Waals surface area contributed by atoms with Crippen molar-refractivity contribution in [2.45, 2.75) is 42.8 Å². The van der Waals surface area contributed by atoms with Crippen LogP contribution in [0.2, 0.25) is 0 Å². The molecule has 5 heteroatoms. The lowest BCUT2D eigenvalue weighted by Crippen LogP contribution is -2.37. The molecule has 0 aliphatic carbocycles. The molecule has 0 saturated carbocycles. The fourth-order valence-corrected chi connectivity index (χ4v) is 3.25. The summed E-state index contributed by atoms with van der Waals surface area (Å²) in [5.41, 5.74) is 6.51. The van der Waals surface area contributed by atoms with E-state index in [9.17, 15) is 4.79 Å². The summed E-state index contributed by atoms with van der Waals surface area (Å²) in [6.07, 6.45) is 8.07. The minimum absolute atomic E-state index is 0.0946. The third-order valence-corrected chi connectivity index (χ3v) is 4.56. The van der Waals surface area contributed by atoms with E-state index in [0.717, 1.165) is 30.8 Å². The average Bonchev–Trinajstić information content (AvgIpc) is 2.69. The average molecular weight is 279 g/mol. The van der Waals surface area contributed by atoms with E-state index in [4.69, 9.17) is 5.73 Å². The molecule has 1 aromatic rings. The summed E-state index contributed by atoms with van der Waals surface area (Å²) < 4.78 is 0. The highest BCUT2D eigenvalue weighted by Gasteiger charge is 2.22. The van der Waals surface area contributed by atoms with Gasteiger partial charge in [0.25, 0.3) is 0 Å². The van der Waals surface area contributed by atoms with Gasteiger partial charge < -0.3 is 10.6 Å². The summed E-state index contributed by atoms with van der Waals surface area (Å²) in [6.45, 7) is 3.75. The van der Waals surface area contributed by atoms with Gasteiger partial charge in [-0.15, -0.1) is 11.8 Å². The van der Waals surface area contributed by atoms with Gasteiger partial charge in [-0.3, -0.25) is 9.78 Å². The van der Waals surface area contributed by atoms with Gasteiger partial charge in [-0.05, 0) is 25.8 Å². The number of carbonyl (C=O) groups excluding carboxylic acids is 1. The Balaban J connectivity index is 1.97. The Hall–Kier alpha value is -1.23. The number of nitrogens with zero attached hydrogens (tertiary/aromatic N) is 2. The van der Waals surface area contributed by atoms with Crippen LogP contribution in [0.4, 0.5) is 5.69 Å². The van der Waals surface area contributed by atoms with Gasteiger partial charge in [0.05, 0.1) is 17.1 Å². The SMILES string of the molecule is CC(Sc1ccncc1N)C(=O)N1CCCCCC1. The van der Waals surface area contributed by atoms with E-state index in [0.29, 0.717) is 5.69 Å². The van der Waals surface area contributed by atoms with Crippen LogP contribution in [-0.4, -0.2) is 34.1 Å². The van der Waals surface area contributed by atoms with Gasteiger partial charge in [-0.1, -0.05) is 12.8 Å². The molecule has 19 heavy (non-hydrogen) atoms. The quantitative estimate of drug-likeness (QED) is 0.864. The molecule has 1 atom stereocenters. The van der Waals surface area contributed by atoms with Crippen LogP contribution in [0.3, 0.4) is 0 Å². The Morgan fingerprint density at radius 2 is 2.05 bits per heavy atom. The molecule has 1 aromatic heterocycles. The van der Waals surface area contributed by atoms with Crippen LogP contribution < -0.4 is 5.73 Å². The first-order valence-electron chi connectivity index (χ1n) is 6.83. The molecular formula is C14H21N3OS. The maximum absolute atomic E-state index is 12.4. The molecule has 4 nitrogen and oxygen atoms in total. The van der Waals surface area contributed by atoms with Gasteiger partial charge >= 0.3 is 0 Å². The van der Waals surface area contributed by atoms with Crippen LogP contribution in [-0.2, 0) is 4.79 Å². The van der Waals surface area contributed by atoms with Gasteiger partial charge in [0.1, 0.15) is 0 Å². The van der Waals surface area contributed by atoms with Crippen molar-refractivity contribution >= 4 is 23.4 Å². The second-order valence-electron chi connectivity index (χ2n) is 4.91. The third kappa shape index (κ3) is 3.86. The van der Waals surface area contributed by atoms with Gasteiger partial charge in [0.15, 0.2) is 0 Å². The van der Waals surface area contributed by atoms with Crippen molar-refractivity contribution in [2.75, 3.05) is 18.8 Å². The summed E-state index contributed by atoms with van der Waals surface area (Å²) in [4.78, 5) is 19.3. The number of hydrogen-bond donors (Lipinski definition) is 1. The molecule has 1 aliphatic rings. The Kier molecular flexibility index (Phi) is 5.07. The van der Waals surface area contributed by atoms with Crippen LogP contribution in [0, 0.1) is 0 Å². The Labute approximate surface area is 118 Å². The fraction of sp³-hybridized carbons (Fsp3) is 0.571. The zero-order valence-electron chi connectivity index (χ0n) is 11.3. The smallest absolute Gasteiger partial charge is 0.235 e. The van der Waals surface area contributed by atoms with Crippen molar-refractivity contribution in [1.29, 1.82) is 0 Å². The number of rotatable bonds is 3. The number of anilines is 1. The lowest BCUT2D eigenvalue weighted by Gasteiger charge is -2.24. The molecule has 104 valence electrons. The summed E-state index contributed by atoms with van der Waals surface area (Å²) in [7, 11) is 0. The number of thioether (sulfide) groups is 1. The maximum Gasteiger partial charge on any atom is 0.235 e. The van der Waals surface area contributed by atoms with Crippen molar-refractivity contribution in [3.8, 4) is 0 Å². The molecule has 0 radical (unpaired) electrons. The third-order valence-electron chi connectivity index (χ3n) is 3.38. The number of pyridine rings is 1. The second kappa shape index (κ2) is 6.80. The normalized spacial score (nSPS) is 17.8. The number of aromatic nitrogens is 1. The summed E-state index contributed by atoms with van der Waals surface area (Å²) in [5, 5.41) is -0.0946. The molecule has 0 bridgehead atoms. The molecule has 1 amide bonds. The van der Waals surface area contributed by atoms with Gasteiger partial charge in [0.2, 0.25) is 5.91 Å². The summed E-state index contributed by atoms with van der Waals surface area (Å²) in [5.74, 6) is 0.225. The highest BCUT2D eigenvalue weighted by molar-refractivity contribution is 8.00. The lowest BCUT2D eigenvalue weighted by molar-refractivity contribution is -0.130. The van der Waals surface area contributed by atoms with E-state index >= 15 is 0 Å². The molecule has 0 spiro atoms. The predicted octanol–water partition coefficient (Wildman–Crippen LogP) is 2.55.